The fourth-order valence-corrected chi connectivity index (χ4v) is 6.06. The second-order valence-electron chi connectivity index (χ2n) is 10.0. The lowest BCUT2D eigenvalue weighted by Gasteiger charge is -2.32. The number of anilines is 1. The zero-order valence-corrected chi connectivity index (χ0v) is 21.1. The maximum atomic E-state index is 14.6. The smallest absolute Gasteiger partial charge is 0.146 e. The first-order valence-electron chi connectivity index (χ1n) is 12.7. The molecule has 35 heavy (non-hydrogen) atoms. The zero-order chi connectivity index (χ0) is 24.5. The molecule has 0 radical (unpaired) electrons. The van der Waals surface area contributed by atoms with E-state index in [1.807, 2.05) is 6.92 Å². The van der Waals surface area contributed by atoms with Gasteiger partial charge in [-0.1, -0.05) is 42.7 Å². The fraction of sp³-hybridized carbons (Fsp3) is 0.429. The summed E-state index contributed by atoms with van der Waals surface area (Å²) in [5.74, 6) is 6.09. The first kappa shape index (κ1) is 24.2. The molecule has 0 spiro atoms. The predicted molar refractivity (Wildman–Crippen MR) is 143 cm³/mol. The van der Waals surface area contributed by atoms with Crippen molar-refractivity contribution in [3.63, 3.8) is 0 Å². The molecule has 1 saturated carbocycles. The largest absolute Gasteiger partial charge is 0.401 e. The van der Waals surface area contributed by atoms with Crippen LogP contribution in [0.25, 0.3) is 11.3 Å². The van der Waals surface area contributed by atoms with Crippen LogP contribution in [0.5, 0.6) is 0 Å². The molecule has 186 valence electrons. The number of allylic oxidation sites excluding steroid dienone is 1. The quantitative estimate of drug-likeness (QED) is 0.461. The number of nitrogens with zero attached hydrogens (tertiary/aromatic N) is 2. The third kappa shape index (κ3) is 5.06. The monoisotopic (exact) mass is 495 g/mol. The molecule has 2 aromatic carbocycles. The normalized spacial score (nSPS) is 23.0. The van der Waals surface area contributed by atoms with Crippen molar-refractivity contribution >= 4 is 28.6 Å². The Labute approximate surface area is 212 Å². The molecule has 1 atom stereocenters. The summed E-state index contributed by atoms with van der Waals surface area (Å²) in [5, 5.41) is 5.61. The zero-order valence-electron chi connectivity index (χ0n) is 20.4. The second kappa shape index (κ2) is 10.2. The third-order valence-corrected chi connectivity index (χ3v) is 7.95. The Kier molecular flexibility index (Phi) is 7.05. The molecule has 5 N–H and O–H groups in total. The molecule has 1 unspecified atom stereocenters. The minimum absolute atomic E-state index is 0.139. The number of benzene rings is 2. The average molecular weight is 496 g/mol. The minimum atomic E-state index is -0.325. The molecular formula is C28H35ClFN5. The number of nitrogens with two attached hydrogens (primary N) is 2. The minimum Gasteiger partial charge on any atom is -0.401 e. The molecule has 1 fully saturated rings. The molecule has 3 aliphatic rings. The Morgan fingerprint density at radius 2 is 1.89 bits per heavy atom. The molecule has 7 heteroatoms. The summed E-state index contributed by atoms with van der Waals surface area (Å²) in [6.45, 7) is 4.58. The summed E-state index contributed by atoms with van der Waals surface area (Å²) < 4.78 is 14.6. The summed E-state index contributed by atoms with van der Waals surface area (Å²) in [7, 11) is 0. The van der Waals surface area contributed by atoms with E-state index >= 15 is 0 Å². The van der Waals surface area contributed by atoms with Crippen LogP contribution < -0.4 is 16.9 Å². The Bertz CT molecular complexity index is 1150. The van der Waals surface area contributed by atoms with Crippen LogP contribution in [0.2, 0.25) is 5.02 Å². The Morgan fingerprint density at radius 3 is 2.60 bits per heavy atom. The van der Waals surface area contributed by atoms with Crippen molar-refractivity contribution in [3.05, 3.63) is 75.7 Å². The Hall–Kier alpha value is -2.54. The summed E-state index contributed by atoms with van der Waals surface area (Å²) in [6.07, 6.45) is 9.51. The summed E-state index contributed by atoms with van der Waals surface area (Å²) in [4.78, 5) is 2.64. The number of rotatable bonds is 4. The van der Waals surface area contributed by atoms with E-state index in [9.17, 15) is 4.39 Å². The van der Waals surface area contributed by atoms with Crippen LogP contribution in [-0.4, -0.2) is 35.6 Å². The van der Waals surface area contributed by atoms with E-state index in [0.717, 1.165) is 42.4 Å². The van der Waals surface area contributed by atoms with Crippen LogP contribution in [0.15, 0.2) is 48.2 Å². The molecule has 0 aromatic heterocycles. The van der Waals surface area contributed by atoms with E-state index in [1.165, 1.54) is 42.9 Å². The highest BCUT2D eigenvalue weighted by molar-refractivity contribution is 6.30. The molecule has 5 rings (SSSR count). The van der Waals surface area contributed by atoms with Gasteiger partial charge >= 0.3 is 0 Å². The van der Waals surface area contributed by atoms with Crippen LogP contribution in [0, 0.1) is 5.82 Å². The molecule has 2 aromatic rings. The number of fused-ring (bicyclic) bond motifs is 1. The van der Waals surface area contributed by atoms with Gasteiger partial charge in [0.2, 0.25) is 0 Å². The van der Waals surface area contributed by atoms with Crippen LogP contribution >= 0.6 is 11.6 Å². The second-order valence-corrected chi connectivity index (χ2v) is 10.5. The van der Waals surface area contributed by atoms with Gasteiger partial charge in [0.1, 0.15) is 5.82 Å². The topological polar surface area (TPSA) is 70.5 Å². The molecule has 1 aliphatic carbocycles. The summed E-state index contributed by atoms with van der Waals surface area (Å²) in [5.41, 5.74) is 12.8. The van der Waals surface area contributed by atoms with Gasteiger partial charge in [0.15, 0.2) is 0 Å². The van der Waals surface area contributed by atoms with Gasteiger partial charge in [-0.05, 0) is 73.6 Å². The lowest BCUT2D eigenvalue weighted by molar-refractivity contribution is 0.219. The Balaban J connectivity index is 1.50. The average Bonchev–Trinajstić information content (AvgIpc) is 3.35. The van der Waals surface area contributed by atoms with Crippen molar-refractivity contribution in [1.29, 1.82) is 0 Å². The van der Waals surface area contributed by atoms with Crippen molar-refractivity contribution in [1.82, 2.24) is 9.91 Å². The standard InChI is InChI=1S/C28H35ClFN5/c1-18(31)28-23-8-6-20(19-10-13-34(14-11-19)22-4-2-3-5-22)16-24(23)26(12-15-35(28)32)33-27-17-21(29)7-9-25(27)30/h6-10,16-17,22,26,33H,2-5,11-15,31-32H2,1H3/b28-18-. The Morgan fingerprint density at radius 1 is 1.09 bits per heavy atom. The fourth-order valence-electron chi connectivity index (χ4n) is 5.89. The van der Waals surface area contributed by atoms with Crippen molar-refractivity contribution in [3.8, 4) is 0 Å². The molecular weight excluding hydrogens is 461 g/mol. The number of hydrogen-bond donors (Lipinski definition) is 3. The highest BCUT2D eigenvalue weighted by Crippen LogP contribution is 2.38. The number of hydrazine groups is 1. The van der Waals surface area contributed by atoms with E-state index in [4.69, 9.17) is 23.2 Å². The predicted octanol–water partition coefficient (Wildman–Crippen LogP) is 5.89. The van der Waals surface area contributed by atoms with E-state index in [-0.39, 0.29) is 11.9 Å². The van der Waals surface area contributed by atoms with Crippen LogP contribution in [0.4, 0.5) is 10.1 Å². The van der Waals surface area contributed by atoms with Crippen molar-refractivity contribution < 1.29 is 4.39 Å². The molecule has 5 nitrogen and oxygen atoms in total. The molecule has 0 saturated heterocycles. The van der Waals surface area contributed by atoms with E-state index in [1.54, 1.807) is 17.1 Å². The molecule has 0 bridgehead atoms. The van der Waals surface area contributed by atoms with Gasteiger partial charge in [0.05, 0.1) is 17.4 Å². The first-order chi connectivity index (χ1) is 16.9. The van der Waals surface area contributed by atoms with Crippen LogP contribution in [0.3, 0.4) is 0 Å². The number of hydrogen-bond acceptors (Lipinski definition) is 5. The van der Waals surface area contributed by atoms with E-state index < -0.39 is 0 Å². The highest BCUT2D eigenvalue weighted by Gasteiger charge is 2.28. The van der Waals surface area contributed by atoms with E-state index in [2.05, 4.69) is 34.5 Å². The summed E-state index contributed by atoms with van der Waals surface area (Å²) in [6, 6.07) is 11.7. The lowest BCUT2D eigenvalue weighted by atomic mass is 9.90. The van der Waals surface area contributed by atoms with E-state index in [0.29, 0.717) is 29.4 Å². The van der Waals surface area contributed by atoms with Crippen LogP contribution in [0.1, 0.15) is 68.2 Å². The highest BCUT2D eigenvalue weighted by atomic mass is 35.5. The van der Waals surface area contributed by atoms with Crippen molar-refractivity contribution in [2.45, 2.75) is 57.5 Å². The maximum absolute atomic E-state index is 14.6. The molecule has 0 amide bonds. The van der Waals surface area contributed by atoms with Crippen molar-refractivity contribution in [2.75, 3.05) is 25.0 Å². The van der Waals surface area contributed by atoms with Gasteiger partial charge in [0.25, 0.3) is 0 Å². The first-order valence-corrected chi connectivity index (χ1v) is 13.1. The number of nitrogens with one attached hydrogen (secondary N) is 1. The maximum Gasteiger partial charge on any atom is 0.146 e. The molecule has 2 heterocycles. The third-order valence-electron chi connectivity index (χ3n) is 7.71. The lowest BCUT2D eigenvalue weighted by Crippen LogP contribution is -2.36. The van der Waals surface area contributed by atoms with Gasteiger partial charge in [-0.2, -0.15) is 0 Å². The van der Waals surface area contributed by atoms with Gasteiger partial charge in [-0.3, -0.25) is 4.90 Å². The van der Waals surface area contributed by atoms with Gasteiger partial charge in [-0.15, -0.1) is 0 Å². The van der Waals surface area contributed by atoms with Gasteiger partial charge in [-0.25, -0.2) is 10.2 Å². The molecule has 2 aliphatic heterocycles. The van der Waals surface area contributed by atoms with Gasteiger partial charge in [0, 0.05) is 42.0 Å². The van der Waals surface area contributed by atoms with Crippen molar-refractivity contribution in [2.24, 2.45) is 11.6 Å². The SMILES string of the molecule is C/C(N)=C1\c2ccc(C3=CCN(C4CCCC4)CC3)cc2C(Nc2cc(Cl)ccc2F)CCN1N. The summed E-state index contributed by atoms with van der Waals surface area (Å²) >= 11 is 6.17. The number of halogens is 2. The van der Waals surface area contributed by atoms with Gasteiger partial charge < -0.3 is 16.1 Å². The van der Waals surface area contributed by atoms with Crippen LogP contribution in [-0.2, 0) is 0 Å².